The van der Waals surface area contributed by atoms with Gasteiger partial charge in [-0.15, -0.1) is 11.3 Å². The normalized spacial score (nSPS) is 11.4. The zero-order valence-corrected chi connectivity index (χ0v) is 26.3. The minimum Gasteiger partial charge on any atom is -0.228 e. The summed E-state index contributed by atoms with van der Waals surface area (Å²) in [5, 5.41) is 5.20. The molecular weight excluding hydrogens is 589 g/mol. The molecule has 0 atom stereocenters. The molecule has 9 aromatic rings. The number of rotatable bonds is 5. The van der Waals surface area contributed by atoms with Crippen LogP contribution in [-0.4, -0.2) is 9.97 Å². The molecule has 0 aliphatic rings. The second-order valence-corrected chi connectivity index (χ2v) is 12.9. The van der Waals surface area contributed by atoms with Crippen LogP contribution in [0, 0.1) is 0 Å². The van der Waals surface area contributed by atoms with Gasteiger partial charge in [-0.2, -0.15) is 0 Å². The minimum absolute atomic E-state index is 0.721. The molecule has 0 fully saturated rings. The maximum absolute atomic E-state index is 5.07. The van der Waals surface area contributed by atoms with Crippen molar-refractivity contribution in [2.24, 2.45) is 0 Å². The fraction of sp³-hybridized carbons (Fsp3) is 0. The predicted octanol–water partition coefficient (Wildman–Crippen LogP) is 12.3. The molecule has 2 aromatic heterocycles. The van der Waals surface area contributed by atoms with E-state index < -0.39 is 0 Å². The standard InChI is InChI=1S/C44H28N2S/c1-3-12-29(13-4-1)39-28-40(46-44(45-39)30-14-5-2-6-15-30)36-21-10-19-32(25-36)31-18-9-20-35(24-31)37-22-11-23-41-43(37)38-26-33-16-7-8-17-34(33)27-42(38)47-41/h1-28H. The van der Waals surface area contributed by atoms with Crippen LogP contribution in [0.2, 0.25) is 0 Å². The monoisotopic (exact) mass is 616 g/mol. The Bertz CT molecular complexity index is 2510. The summed E-state index contributed by atoms with van der Waals surface area (Å²) in [6.45, 7) is 0. The van der Waals surface area contributed by atoms with Crippen molar-refractivity contribution >= 4 is 42.3 Å². The lowest BCUT2D eigenvalue weighted by Crippen LogP contribution is -1.96. The van der Waals surface area contributed by atoms with Crippen LogP contribution in [0.1, 0.15) is 0 Å². The summed E-state index contributed by atoms with van der Waals surface area (Å²) in [4.78, 5) is 10.0. The number of thiophene rings is 1. The molecule has 0 bridgehead atoms. The van der Waals surface area contributed by atoms with Gasteiger partial charge in [0.2, 0.25) is 0 Å². The first-order valence-electron chi connectivity index (χ1n) is 15.8. The van der Waals surface area contributed by atoms with Crippen LogP contribution >= 0.6 is 11.3 Å². The van der Waals surface area contributed by atoms with E-state index in [1.54, 1.807) is 0 Å². The molecule has 2 nitrogen and oxygen atoms in total. The van der Waals surface area contributed by atoms with E-state index in [2.05, 4.69) is 146 Å². The third-order valence-electron chi connectivity index (χ3n) is 8.86. The summed E-state index contributed by atoms with van der Waals surface area (Å²) >= 11 is 1.87. The third kappa shape index (κ3) is 5.07. The van der Waals surface area contributed by atoms with E-state index in [0.717, 1.165) is 39.5 Å². The quantitative estimate of drug-likeness (QED) is 0.192. The van der Waals surface area contributed by atoms with Gasteiger partial charge in [0.15, 0.2) is 5.82 Å². The lowest BCUT2D eigenvalue weighted by Gasteiger charge is -2.11. The Balaban J connectivity index is 1.15. The van der Waals surface area contributed by atoms with Crippen molar-refractivity contribution in [1.82, 2.24) is 9.97 Å². The highest BCUT2D eigenvalue weighted by Crippen LogP contribution is 2.42. The molecule has 3 heteroatoms. The highest BCUT2D eigenvalue weighted by molar-refractivity contribution is 7.26. The van der Waals surface area contributed by atoms with E-state index in [4.69, 9.17) is 9.97 Å². The van der Waals surface area contributed by atoms with Crippen LogP contribution in [-0.2, 0) is 0 Å². The van der Waals surface area contributed by atoms with Gasteiger partial charge >= 0.3 is 0 Å². The van der Waals surface area contributed by atoms with Crippen molar-refractivity contribution in [2.75, 3.05) is 0 Å². The summed E-state index contributed by atoms with van der Waals surface area (Å²) in [7, 11) is 0. The predicted molar refractivity (Wildman–Crippen MR) is 200 cm³/mol. The van der Waals surface area contributed by atoms with Gasteiger partial charge in [-0.3, -0.25) is 0 Å². The van der Waals surface area contributed by atoms with Gasteiger partial charge in [0.1, 0.15) is 0 Å². The van der Waals surface area contributed by atoms with Crippen LogP contribution < -0.4 is 0 Å². The Morgan fingerprint density at radius 2 is 0.915 bits per heavy atom. The zero-order valence-electron chi connectivity index (χ0n) is 25.5. The first-order chi connectivity index (χ1) is 23.3. The molecular formula is C44H28N2S. The fourth-order valence-electron chi connectivity index (χ4n) is 6.54. The molecule has 0 spiro atoms. The van der Waals surface area contributed by atoms with E-state index in [1.807, 2.05) is 35.6 Å². The largest absolute Gasteiger partial charge is 0.228 e. The van der Waals surface area contributed by atoms with Gasteiger partial charge in [-0.05, 0) is 69.4 Å². The first-order valence-corrected chi connectivity index (χ1v) is 16.6. The van der Waals surface area contributed by atoms with E-state index >= 15 is 0 Å². The number of aromatic nitrogens is 2. The lowest BCUT2D eigenvalue weighted by molar-refractivity contribution is 1.18. The smallest absolute Gasteiger partial charge is 0.160 e. The summed E-state index contributed by atoms with van der Waals surface area (Å²) in [6, 6.07) is 60.3. The Kier molecular flexibility index (Phi) is 6.69. The highest BCUT2D eigenvalue weighted by atomic mass is 32.1. The Morgan fingerprint density at radius 3 is 1.66 bits per heavy atom. The summed E-state index contributed by atoms with van der Waals surface area (Å²) < 4.78 is 2.64. The average Bonchev–Trinajstić information content (AvgIpc) is 3.52. The second-order valence-electron chi connectivity index (χ2n) is 11.8. The van der Waals surface area contributed by atoms with Gasteiger partial charge in [-0.1, -0.05) is 133 Å². The molecule has 0 saturated heterocycles. The van der Waals surface area contributed by atoms with Crippen LogP contribution in [0.25, 0.3) is 87.1 Å². The third-order valence-corrected chi connectivity index (χ3v) is 9.97. The lowest BCUT2D eigenvalue weighted by atomic mass is 9.94. The second kappa shape index (κ2) is 11.5. The van der Waals surface area contributed by atoms with Crippen LogP contribution in [0.15, 0.2) is 170 Å². The zero-order chi connectivity index (χ0) is 31.2. The molecule has 0 aliphatic heterocycles. The van der Waals surface area contributed by atoms with Gasteiger partial charge in [0.05, 0.1) is 11.4 Å². The van der Waals surface area contributed by atoms with E-state index in [0.29, 0.717) is 0 Å². The average molecular weight is 617 g/mol. The topological polar surface area (TPSA) is 25.8 Å². The summed E-state index contributed by atoms with van der Waals surface area (Å²) in [6.07, 6.45) is 0. The van der Waals surface area contributed by atoms with Gasteiger partial charge in [0.25, 0.3) is 0 Å². The van der Waals surface area contributed by atoms with Crippen LogP contribution in [0.3, 0.4) is 0 Å². The molecule has 47 heavy (non-hydrogen) atoms. The van der Waals surface area contributed by atoms with E-state index in [1.165, 1.54) is 47.6 Å². The highest BCUT2D eigenvalue weighted by Gasteiger charge is 2.14. The van der Waals surface area contributed by atoms with Crippen molar-refractivity contribution in [3.63, 3.8) is 0 Å². The molecule has 0 unspecified atom stereocenters. The number of nitrogens with zero attached hydrogens (tertiary/aromatic N) is 2. The Morgan fingerprint density at radius 1 is 0.362 bits per heavy atom. The Hall–Kier alpha value is -5.90. The van der Waals surface area contributed by atoms with Crippen molar-refractivity contribution < 1.29 is 0 Å². The number of hydrogen-bond donors (Lipinski definition) is 0. The van der Waals surface area contributed by atoms with Gasteiger partial charge in [-0.25, -0.2) is 9.97 Å². The van der Waals surface area contributed by atoms with Crippen molar-refractivity contribution in [3.05, 3.63) is 170 Å². The number of hydrogen-bond acceptors (Lipinski definition) is 3. The molecule has 0 aliphatic carbocycles. The van der Waals surface area contributed by atoms with Crippen LogP contribution in [0.4, 0.5) is 0 Å². The van der Waals surface area contributed by atoms with Crippen LogP contribution in [0.5, 0.6) is 0 Å². The molecule has 220 valence electrons. The van der Waals surface area contributed by atoms with Gasteiger partial charge < -0.3 is 0 Å². The van der Waals surface area contributed by atoms with E-state index in [-0.39, 0.29) is 0 Å². The summed E-state index contributed by atoms with van der Waals surface area (Å²) in [5.41, 5.74) is 9.74. The van der Waals surface area contributed by atoms with Crippen molar-refractivity contribution in [3.8, 4) is 56.2 Å². The first kappa shape index (κ1) is 27.4. The van der Waals surface area contributed by atoms with Gasteiger partial charge in [0, 0.05) is 36.9 Å². The number of fused-ring (bicyclic) bond motifs is 4. The number of benzene rings is 7. The molecule has 0 amide bonds. The maximum Gasteiger partial charge on any atom is 0.160 e. The Labute approximate surface area is 277 Å². The summed E-state index contributed by atoms with van der Waals surface area (Å²) in [5.74, 6) is 0.721. The molecule has 7 aromatic carbocycles. The van der Waals surface area contributed by atoms with Crippen molar-refractivity contribution in [2.45, 2.75) is 0 Å². The molecule has 9 rings (SSSR count). The molecule has 0 saturated carbocycles. The molecule has 0 N–H and O–H groups in total. The SMILES string of the molecule is c1ccc(-c2cc(-c3cccc(-c4cccc(-c5cccc6sc7cc8ccccc8cc7c56)c4)c3)nc(-c3ccccc3)n2)cc1. The van der Waals surface area contributed by atoms with Crippen molar-refractivity contribution in [1.29, 1.82) is 0 Å². The molecule has 2 heterocycles. The minimum atomic E-state index is 0.721. The molecule has 0 radical (unpaired) electrons. The maximum atomic E-state index is 5.07. The van der Waals surface area contributed by atoms with E-state index in [9.17, 15) is 0 Å². The fourth-order valence-corrected chi connectivity index (χ4v) is 7.71.